The van der Waals surface area contributed by atoms with Crippen LogP contribution in [0.3, 0.4) is 0 Å². The lowest BCUT2D eigenvalue weighted by Crippen LogP contribution is -2.26. The second kappa shape index (κ2) is 6.83. The first kappa shape index (κ1) is 17.2. The Morgan fingerprint density at radius 1 is 1.18 bits per heavy atom. The number of aromatic nitrogens is 5. The molecule has 0 spiro atoms. The van der Waals surface area contributed by atoms with E-state index in [1.54, 1.807) is 43.6 Å². The zero-order valence-electron chi connectivity index (χ0n) is 14.6. The van der Waals surface area contributed by atoms with Crippen molar-refractivity contribution in [2.24, 2.45) is 0 Å². The molecule has 28 heavy (non-hydrogen) atoms. The van der Waals surface area contributed by atoms with E-state index in [1.165, 1.54) is 0 Å². The van der Waals surface area contributed by atoms with Gasteiger partial charge in [-0.25, -0.2) is 9.78 Å². The van der Waals surface area contributed by atoms with Crippen LogP contribution in [0.4, 0.5) is 5.69 Å². The highest BCUT2D eigenvalue weighted by atomic mass is 16.5. The van der Waals surface area contributed by atoms with E-state index in [-0.39, 0.29) is 11.3 Å². The van der Waals surface area contributed by atoms with Crippen LogP contribution in [0.15, 0.2) is 52.3 Å². The number of pyridine rings is 1. The number of ether oxygens (including phenoxy) is 1. The normalized spacial score (nSPS) is 10.8. The molecule has 4 rings (SSSR count). The predicted octanol–water partition coefficient (Wildman–Crippen LogP) is 1.26. The molecule has 140 valence electrons. The van der Waals surface area contributed by atoms with Crippen LogP contribution in [0.1, 0.15) is 10.4 Å². The Hall–Kier alpha value is -4.21. The van der Waals surface area contributed by atoms with Gasteiger partial charge < -0.3 is 20.0 Å². The highest BCUT2D eigenvalue weighted by Crippen LogP contribution is 2.24. The molecule has 3 aromatic heterocycles. The van der Waals surface area contributed by atoms with Crippen LogP contribution in [-0.4, -0.2) is 37.9 Å². The average Bonchev–Trinajstić information content (AvgIpc) is 3.14. The molecule has 0 bridgehead atoms. The number of para-hydroxylation sites is 1. The fourth-order valence-corrected chi connectivity index (χ4v) is 2.70. The Labute approximate surface area is 156 Å². The van der Waals surface area contributed by atoms with Gasteiger partial charge in [0.2, 0.25) is 0 Å². The summed E-state index contributed by atoms with van der Waals surface area (Å²) in [6.07, 6.45) is 2.73. The Morgan fingerprint density at radius 3 is 2.82 bits per heavy atom. The zero-order chi connectivity index (χ0) is 19.7. The lowest BCUT2D eigenvalue weighted by Gasteiger charge is -2.04. The van der Waals surface area contributed by atoms with Gasteiger partial charge in [0.1, 0.15) is 22.6 Å². The van der Waals surface area contributed by atoms with Crippen LogP contribution in [-0.2, 0) is 0 Å². The predicted molar refractivity (Wildman–Crippen MR) is 102 cm³/mol. The van der Waals surface area contributed by atoms with Crippen molar-refractivity contribution in [1.29, 1.82) is 0 Å². The van der Waals surface area contributed by atoms with Crippen molar-refractivity contribution >= 4 is 22.6 Å². The minimum absolute atomic E-state index is 0.0770. The molecular formula is C18H14N6O4. The van der Waals surface area contributed by atoms with Gasteiger partial charge in [0.25, 0.3) is 11.5 Å². The molecule has 0 aliphatic rings. The summed E-state index contributed by atoms with van der Waals surface area (Å²) < 4.78 is 5.19. The van der Waals surface area contributed by atoms with E-state index >= 15 is 0 Å². The van der Waals surface area contributed by atoms with Crippen molar-refractivity contribution in [3.63, 3.8) is 0 Å². The minimum Gasteiger partial charge on any atom is -0.497 e. The number of H-pyrrole nitrogens is 3. The van der Waals surface area contributed by atoms with Gasteiger partial charge >= 0.3 is 5.69 Å². The van der Waals surface area contributed by atoms with E-state index in [1.807, 2.05) is 4.98 Å². The van der Waals surface area contributed by atoms with Crippen LogP contribution in [0.5, 0.6) is 5.75 Å². The summed E-state index contributed by atoms with van der Waals surface area (Å²) in [5.74, 6) is 0.552. The Kier molecular flexibility index (Phi) is 4.20. The van der Waals surface area contributed by atoms with Crippen molar-refractivity contribution in [3.05, 3.63) is 69.1 Å². The minimum atomic E-state index is -0.701. The van der Waals surface area contributed by atoms with Crippen LogP contribution in [0.25, 0.3) is 22.6 Å². The third-order valence-electron chi connectivity index (χ3n) is 4.03. The van der Waals surface area contributed by atoms with Crippen molar-refractivity contribution < 1.29 is 9.53 Å². The third-order valence-corrected chi connectivity index (χ3v) is 4.03. The molecule has 0 saturated heterocycles. The number of anilines is 1. The van der Waals surface area contributed by atoms with E-state index in [9.17, 15) is 14.4 Å². The number of carbonyl (C=O) groups is 1. The topological polar surface area (TPSA) is 146 Å². The largest absolute Gasteiger partial charge is 0.497 e. The first-order valence-electron chi connectivity index (χ1n) is 8.17. The maximum Gasteiger partial charge on any atom is 0.325 e. The maximum absolute atomic E-state index is 12.7. The van der Waals surface area contributed by atoms with E-state index in [4.69, 9.17) is 4.74 Å². The van der Waals surface area contributed by atoms with Gasteiger partial charge in [-0.15, -0.1) is 0 Å². The summed E-state index contributed by atoms with van der Waals surface area (Å²) in [6.45, 7) is 0. The van der Waals surface area contributed by atoms with Gasteiger partial charge in [0.05, 0.1) is 18.2 Å². The first-order chi connectivity index (χ1) is 13.5. The quantitative estimate of drug-likeness (QED) is 0.421. The summed E-state index contributed by atoms with van der Waals surface area (Å²) in [4.78, 5) is 51.8. The molecular weight excluding hydrogens is 364 g/mol. The summed E-state index contributed by atoms with van der Waals surface area (Å²) in [7, 11) is 1.55. The second-order valence-electron chi connectivity index (χ2n) is 5.81. The van der Waals surface area contributed by atoms with Gasteiger partial charge in [0.15, 0.2) is 5.82 Å². The lowest BCUT2D eigenvalue weighted by atomic mass is 10.1. The van der Waals surface area contributed by atoms with E-state index in [0.29, 0.717) is 28.3 Å². The fraction of sp³-hybridized carbons (Fsp3) is 0.0556. The number of imidazole rings is 1. The number of nitrogens with zero attached hydrogens (tertiary/aromatic N) is 2. The third kappa shape index (κ3) is 3.14. The average molecular weight is 378 g/mol. The molecule has 0 unspecified atom stereocenters. The van der Waals surface area contributed by atoms with Crippen LogP contribution in [0, 0.1) is 0 Å². The van der Waals surface area contributed by atoms with Crippen LogP contribution < -0.4 is 21.3 Å². The SMILES string of the molecule is COc1ccnc(-c2nc3c(C(=O)Nc4c[nH]c(=O)[nH]c4=O)cccc3[nH]2)c1. The molecule has 3 heterocycles. The summed E-state index contributed by atoms with van der Waals surface area (Å²) in [5.41, 5.74) is 0.419. The summed E-state index contributed by atoms with van der Waals surface area (Å²) in [5, 5.41) is 2.47. The number of aromatic amines is 3. The second-order valence-corrected chi connectivity index (χ2v) is 5.81. The standard InChI is InChI=1S/C18H14N6O4/c1-28-9-5-6-19-12(7-9)15-21-11-4-2-3-10(14(11)23-15)16(25)22-13-8-20-18(27)24-17(13)26/h2-8H,1H3,(H,21,23)(H,22,25)(H2,20,24,26,27). The molecule has 10 nitrogen and oxygen atoms in total. The highest BCUT2D eigenvalue weighted by Gasteiger charge is 2.16. The van der Waals surface area contributed by atoms with E-state index in [0.717, 1.165) is 6.20 Å². The fourth-order valence-electron chi connectivity index (χ4n) is 2.70. The van der Waals surface area contributed by atoms with Gasteiger partial charge in [-0.3, -0.25) is 19.6 Å². The van der Waals surface area contributed by atoms with Crippen LogP contribution >= 0.6 is 0 Å². The molecule has 4 aromatic rings. The van der Waals surface area contributed by atoms with Gasteiger partial charge in [-0.1, -0.05) is 6.07 Å². The summed E-state index contributed by atoms with van der Waals surface area (Å²) in [6, 6.07) is 8.48. The number of nitrogens with one attached hydrogen (secondary N) is 4. The van der Waals surface area contributed by atoms with Gasteiger partial charge in [-0.2, -0.15) is 0 Å². The van der Waals surface area contributed by atoms with Crippen molar-refractivity contribution in [1.82, 2.24) is 24.9 Å². The highest BCUT2D eigenvalue weighted by molar-refractivity contribution is 6.11. The molecule has 0 saturated carbocycles. The summed E-state index contributed by atoms with van der Waals surface area (Å²) >= 11 is 0. The molecule has 0 atom stereocenters. The Morgan fingerprint density at radius 2 is 2.04 bits per heavy atom. The number of hydrogen-bond acceptors (Lipinski definition) is 6. The van der Waals surface area contributed by atoms with Crippen molar-refractivity contribution in [2.75, 3.05) is 12.4 Å². The Bertz CT molecular complexity index is 1300. The molecule has 0 aliphatic carbocycles. The van der Waals surface area contributed by atoms with Crippen molar-refractivity contribution in [2.45, 2.75) is 0 Å². The first-order valence-corrected chi connectivity index (χ1v) is 8.17. The van der Waals surface area contributed by atoms with Crippen LogP contribution in [0.2, 0.25) is 0 Å². The molecule has 0 fully saturated rings. The molecule has 0 aliphatic heterocycles. The molecule has 10 heteroatoms. The molecule has 1 aromatic carbocycles. The molecule has 4 N–H and O–H groups in total. The number of rotatable bonds is 4. The lowest BCUT2D eigenvalue weighted by molar-refractivity contribution is 0.102. The Balaban J connectivity index is 1.73. The number of hydrogen-bond donors (Lipinski definition) is 4. The number of amides is 1. The number of fused-ring (bicyclic) bond motifs is 1. The smallest absolute Gasteiger partial charge is 0.325 e. The number of benzene rings is 1. The molecule has 1 amide bonds. The van der Waals surface area contributed by atoms with Gasteiger partial charge in [-0.05, 0) is 18.2 Å². The molecule has 0 radical (unpaired) electrons. The van der Waals surface area contributed by atoms with E-state index in [2.05, 4.69) is 25.3 Å². The number of methoxy groups -OCH3 is 1. The zero-order valence-corrected chi connectivity index (χ0v) is 14.6. The van der Waals surface area contributed by atoms with E-state index < -0.39 is 17.2 Å². The number of carbonyl (C=O) groups excluding carboxylic acids is 1. The maximum atomic E-state index is 12.7. The van der Waals surface area contributed by atoms with Crippen molar-refractivity contribution in [3.8, 4) is 17.3 Å². The monoisotopic (exact) mass is 378 g/mol. The van der Waals surface area contributed by atoms with Gasteiger partial charge in [0, 0.05) is 18.5 Å².